The molecule has 0 spiro atoms. The number of hydrogen-bond donors (Lipinski definition) is 2. The molecule has 2 aromatic heterocycles. The van der Waals surface area contributed by atoms with Gasteiger partial charge in [-0.05, 0) is 46.0 Å². The Kier molecular flexibility index (Phi) is 5.11. The first-order chi connectivity index (χ1) is 12.0. The summed E-state index contributed by atoms with van der Waals surface area (Å²) in [5, 5.41) is 7.15. The number of aromatic nitrogens is 4. The third-order valence-corrected chi connectivity index (χ3v) is 4.43. The van der Waals surface area contributed by atoms with E-state index in [4.69, 9.17) is 0 Å². The number of H-pyrrole nitrogens is 1. The average Bonchev–Trinajstić information content (AvgIpc) is 2.96. The number of nitrogens with one attached hydrogen (secondary N) is 2. The third kappa shape index (κ3) is 4.04. The number of rotatable bonds is 5. The third-order valence-electron chi connectivity index (χ3n) is 4.43. The first kappa shape index (κ1) is 17.1. The first-order valence-electron chi connectivity index (χ1n) is 8.63. The van der Waals surface area contributed by atoms with Gasteiger partial charge >= 0.3 is 0 Å². The standard InChI is InChI=1S/C18H23N5O2/c1-12-10-16(24)22-18(21-12)23-13(2)15(11-20-23)17(25)19-9-8-14-6-4-3-5-7-14/h6,10-11H,3-5,7-9H2,1-2H3,(H,19,25)(H,21,22,24). The van der Waals surface area contributed by atoms with Crippen LogP contribution in [0, 0.1) is 13.8 Å². The van der Waals surface area contributed by atoms with Gasteiger partial charge in [-0.1, -0.05) is 11.6 Å². The van der Waals surface area contributed by atoms with Gasteiger partial charge in [-0.2, -0.15) is 5.10 Å². The zero-order valence-corrected chi connectivity index (χ0v) is 14.6. The monoisotopic (exact) mass is 341 g/mol. The van der Waals surface area contributed by atoms with Crippen LogP contribution in [0.5, 0.6) is 0 Å². The van der Waals surface area contributed by atoms with Gasteiger partial charge in [0.2, 0.25) is 5.95 Å². The molecule has 132 valence electrons. The topological polar surface area (TPSA) is 92.7 Å². The molecule has 2 aromatic rings. The van der Waals surface area contributed by atoms with Gasteiger partial charge in [0.15, 0.2) is 0 Å². The fraction of sp³-hybridized carbons (Fsp3) is 0.444. The second-order valence-corrected chi connectivity index (χ2v) is 6.38. The molecule has 7 heteroatoms. The van der Waals surface area contributed by atoms with Crippen molar-refractivity contribution in [2.45, 2.75) is 46.0 Å². The molecule has 2 N–H and O–H groups in total. The minimum absolute atomic E-state index is 0.157. The van der Waals surface area contributed by atoms with Crippen LogP contribution in [0.25, 0.3) is 5.95 Å². The fourth-order valence-corrected chi connectivity index (χ4v) is 3.07. The van der Waals surface area contributed by atoms with Crippen LogP contribution in [0.3, 0.4) is 0 Å². The fourth-order valence-electron chi connectivity index (χ4n) is 3.07. The number of aromatic amines is 1. The number of aryl methyl sites for hydroxylation is 1. The molecular weight excluding hydrogens is 318 g/mol. The molecule has 0 atom stereocenters. The SMILES string of the molecule is Cc1cc(=O)[nH]c(-n2ncc(C(=O)NCCC3=CCCCC3)c2C)n1. The van der Waals surface area contributed by atoms with Crippen LogP contribution in [0.2, 0.25) is 0 Å². The number of nitrogens with zero attached hydrogens (tertiary/aromatic N) is 3. The summed E-state index contributed by atoms with van der Waals surface area (Å²) in [6, 6.07) is 1.41. The van der Waals surface area contributed by atoms with Crippen molar-refractivity contribution in [2.75, 3.05) is 6.54 Å². The Morgan fingerprint density at radius 3 is 2.92 bits per heavy atom. The first-order valence-corrected chi connectivity index (χ1v) is 8.63. The maximum atomic E-state index is 12.4. The molecule has 7 nitrogen and oxygen atoms in total. The van der Waals surface area contributed by atoms with Crippen LogP contribution in [0.4, 0.5) is 0 Å². The number of hydrogen-bond acceptors (Lipinski definition) is 4. The molecule has 0 aliphatic heterocycles. The van der Waals surface area contributed by atoms with Gasteiger partial charge < -0.3 is 5.32 Å². The van der Waals surface area contributed by atoms with Crippen molar-refractivity contribution >= 4 is 5.91 Å². The van der Waals surface area contributed by atoms with Crippen molar-refractivity contribution in [1.82, 2.24) is 25.1 Å². The Morgan fingerprint density at radius 1 is 1.36 bits per heavy atom. The summed E-state index contributed by atoms with van der Waals surface area (Å²) in [6.07, 6.45) is 9.49. The molecule has 1 aliphatic rings. The van der Waals surface area contributed by atoms with Crippen molar-refractivity contribution < 1.29 is 4.79 Å². The lowest BCUT2D eigenvalue weighted by molar-refractivity contribution is 0.0953. The lowest BCUT2D eigenvalue weighted by Crippen LogP contribution is -2.25. The van der Waals surface area contributed by atoms with Gasteiger partial charge in [-0.15, -0.1) is 0 Å². The van der Waals surface area contributed by atoms with Crippen LogP contribution in [-0.2, 0) is 0 Å². The molecule has 0 fully saturated rings. The molecule has 0 aromatic carbocycles. The summed E-state index contributed by atoms with van der Waals surface area (Å²) in [6.45, 7) is 4.15. The Hall–Kier alpha value is -2.70. The smallest absolute Gasteiger partial charge is 0.254 e. The maximum absolute atomic E-state index is 12.4. The normalized spacial score (nSPS) is 14.2. The summed E-state index contributed by atoms with van der Waals surface area (Å²) in [5.74, 6) is 0.157. The zero-order chi connectivity index (χ0) is 17.8. The highest BCUT2D eigenvalue weighted by Gasteiger charge is 2.16. The Bertz CT molecular complexity index is 863. The molecular formula is C18H23N5O2. The van der Waals surface area contributed by atoms with E-state index in [0.717, 1.165) is 19.3 Å². The molecule has 25 heavy (non-hydrogen) atoms. The van der Waals surface area contributed by atoms with E-state index in [1.807, 2.05) is 0 Å². The minimum atomic E-state index is -0.246. The van der Waals surface area contributed by atoms with Crippen molar-refractivity contribution in [1.29, 1.82) is 0 Å². The predicted molar refractivity (Wildman–Crippen MR) is 95.0 cm³/mol. The lowest BCUT2D eigenvalue weighted by atomic mass is 9.97. The predicted octanol–water partition coefficient (Wildman–Crippen LogP) is 2.19. The van der Waals surface area contributed by atoms with Crippen LogP contribution in [0.15, 0.2) is 28.7 Å². The Labute approximate surface area is 146 Å². The van der Waals surface area contributed by atoms with Crippen LogP contribution >= 0.6 is 0 Å². The average molecular weight is 341 g/mol. The largest absolute Gasteiger partial charge is 0.352 e. The van der Waals surface area contributed by atoms with E-state index in [1.165, 1.54) is 35.4 Å². The number of allylic oxidation sites excluding steroid dienone is 1. The minimum Gasteiger partial charge on any atom is -0.352 e. The second-order valence-electron chi connectivity index (χ2n) is 6.38. The highest BCUT2D eigenvalue weighted by molar-refractivity contribution is 5.95. The Balaban J connectivity index is 1.68. The molecule has 1 aliphatic carbocycles. The molecule has 0 radical (unpaired) electrons. The van der Waals surface area contributed by atoms with Gasteiger partial charge in [0.1, 0.15) is 0 Å². The molecule has 2 heterocycles. The Morgan fingerprint density at radius 2 is 2.20 bits per heavy atom. The summed E-state index contributed by atoms with van der Waals surface area (Å²) >= 11 is 0. The lowest BCUT2D eigenvalue weighted by Gasteiger charge is -2.12. The van der Waals surface area contributed by atoms with Crippen molar-refractivity contribution in [3.05, 3.63) is 51.2 Å². The number of carbonyl (C=O) groups excluding carboxylic acids is 1. The highest BCUT2D eigenvalue weighted by atomic mass is 16.1. The summed E-state index contributed by atoms with van der Waals surface area (Å²) in [7, 11) is 0. The van der Waals surface area contributed by atoms with Crippen molar-refractivity contribution in [2.24, 2.45) is 0 Å². The van der Waals surface area contributed by atoms with Gasteiger partial charge in [0.25, 0.3) is 11.5 Å². The maximum Gasteiger partial charge on any atom is 0.254 e. The number of amides is 1. The van der Waals surface area contributed by atoms with E-state index in [0.29, 0.717) is 29.4 Å². The van der Waals surface area contributed by atoms with E-state index < -0.39 is 0 Å². The van der Waals surface area contributed by atoms with Gasteiger partial charge in [0.05, 0.1) is 17.5 Å². The van der Waals surface area contributed by atoms with Crippen molar-refractivity contribution in [3.63, 3.8) is 0 Å². The van der Waals surface area contributed by atoms with E-state index in [9.17, 15) is 9.59 Å². The molecule has 0 unspecified atom stereocenters. The van der Waals surface area contributed by atoms with Crippen molar-refractivity contribution in [3.8, 4) is 5.95 Å². The van der Waals surface area contributed by atoms with Crippen LogP contribution in [0.1, 0.15) is 53.8 Å². The van der Waals surface area contributed by atoms with Crippen LogP contribution < -0.4 is 10.9 Å². The molecule has 1 amide bonds. The van der Waals surface area contributed by atoms with Gasteiger partial charge in [0, 0.05) is 18.3 Å². The van der Waals surface area contributed by atoms with E-state index in [-0.39, 0.29) is 11.5 Å². The summed E-state index contributed by atoms with van der Waals surface area (Å²) in [5.41, 5.74) is 2.91. The number of carbonyl (C=O) groups is 1. The molecule has 0 bridgehead atoms. The van der Waals surface area contributed by atoms with Gasteiger partial charge in [-0.25, -0.2) is 9.67 Å². The van der Waals surface area contributed by atoms with Crippen LogP contribution in [-0.4, -0.2) is 32.2 Å². The summed E-state index contributed by atoms with van der Waals surface area (Å²) < 4.78 is 1.48. The molecule has 0 saturated heterocycles. The zero-order valence-electron chi connectivity index (χ0n) is 14.6. The van der Waals surface area contributed by atoms with Gasteiger partial charge in [-0.3, -0.25) is 14.6 Å². The van der Waals surface area contributed by atoms with E-state index in [1.54, 1.807) is 13.8 Å². The quantitative estimate of drug-likeness (QED) is 0.815. The molecule has 0 saturated carbocycles. The van der Waals surface area contributed by atoms with E-state index in [2.05, 4.69) is 26.5 Å². The van der Waals surface area contributed by atoms with E-state index >= 15 is 0 Å². The second kappa shape index (κ2) is 7.46. The molecule has 3 rings (SSSR count). The summed E-state index contributed by atoms with van der Waals surface area (Å²) in [4.78, 5) is 30.9. The highest BCUT2D eigenvalue weighted by Crippen LogP contribution is 2.19.